The summed E-state index contributed by atoms with van der Waals surface area (Å²) in [6, 6.07) is -0.343. The molecule has 2 heterocycles. The summed E-state index contributed by atoms with van der Waals surface area (Å²) in [6.07, 6.45) is 3.70. The van der Waals surface area contributed by atoms with Crippen LogP contribution in [0.5, 0.6) is 0 Å². The normalized spacial score (nSPS) is 12.3. The van der Waals surface area contributed by atoms with E-state index < -0.39 is 0 Å². The molecule has 0 bridgehead atoms. The van der Waals surface area contributed by atoms with Crippen molar-refractivity contribution < 1.29 is 4.79 Å². The summed E-state index contributed by atoms with van der Waals surface area (Å²) < 4.78 is 1.53. The number of carbonyl (C=O) groups excluding carboxylic acids is 1. The highest BCUT2D eigenvalue weighted by atomic mass is 32.1. The van der Waals surface area contributed by atoms with E-state index in [9.17, 15) is 4.79 Å². The first-order valence-corrected chi connectivity index (χ1v) is 6.57. The Hall–Kier alpha value is -1.76. The maximum Gasteiger partial charge on any atom is 0.244 e. The third-order valence-corrected chi connectivity index (χ3v) is 3.38. The van der Waals surface area contributed by atoms with E-state index in [1.807, 2.05) is 12.3 Å². The highest BCUT2D eigenvalue weighted by molar-refractivity contribution is 7.09. The molecule has 2 aromatic rings. The van der Waals surface area contributed by atoms with Crippen molar-refractivity contribution in [2.45, 2.75) is 26.3 Å². The van der Waals surface area contributed by atoms with Gasteiger partial charge in [-0.15, -0.1) is 11.3 Å². The van der Waals surface area contributed by atoms with Gasteiger partial charge in [0.25, 0.3) is 0 Å². The average Bonchev–Trinajstić information content (AvgIpc) is 2.99. The number of hydrogen-bond donors (Lipinski definition) is 1. The van der Waals surface area contributed by atoms with Gasteiger partial charge in [-0.25, -0.2) is 14.6 Å². The standard InChI is InChI=1S/C11H15N5OS/c1-8(16-7-12-6-14-16)11(17)13-4-3-10-5-18-9(2)15-10/h5-8H,3-4H2,1-2H3,(H,13,17)/t8-/m0/s1. The van der Waals surface area contributed by atoms with Crippen LogP contribution in [0.2, 0.25) is 0 Å². The van der Waals surface area contributed by atoms with Crippen LogP contribution in [0.3, 0.4) is 0 Å². The molecule has 0 aliphatic carbocycles. The SMILES string of the molecule is Cc1nc(CCNC(=O)[C@H](C)n2cncn2)cs1. The molecule has 7 heteroatoms. The lowest BCUT2D eigenvalue weighted by Gasteiger charge is -2.11. The Balaban J connectivity index is 1.78. The zero-order valence-electron chi connectivity index (χ0n) is 10.3. The van der Waals surface area contributed by atoms with Crippen LogP contribution in [0.1, 0.15) is 23.7 Å². The first-order chi connectivity index (χ1) is 8.66. The van der Waals surface area contributed by atoms with Gasteiger partial charge in [-0.05, 0) is 13.8 Å². The van der Waals surface area contributed by atoms with Crippen molar-refractivity contribution in [2.75, 3.05) is 6.54 Å². The molecule has 0 aliphatic rings. The lowest BCUT2D eigenvalue weighted by molar-refractivity contribution is -0.124. The van der Waals surface area contributed by atoms with Crippen molar-refractivity contribution in [3.8, 4) is 0 Å². The van der Waals surface area contributed by atoms with Crippen LogP contribution in [-0.2, 0) is 11.2 Å². The highest BCUT2D eigenvalue weighted by Gasteiger charge is 2.14. The molecule has 0 saturated carbocycles. The summed E-state index contributed by atoms with van der Waals surface area (Å²) in [5, 5.41) is 9.87. The third-order valence-electron chi connectivity index (χ3n) is 2.56. The molecule has 0 saturated heterocycles. The fourth-order valence-corrected chi connectivity index (χ4v) is 2.17. The van der Waals surface area contributed by atoms with Gasteiger partial charge in [0.05, 0.1) is 10.7 Å². The fourth-order valence-electron chi connectivity index (χ4n) is 1.52. The van der Waals surface area contributed by atoms with Crippen LogP contribution >= 0.6 is 11.3 Å². The molecule has 1 N–H and O–H groups in total. The summed E-state index contributed by atoms with van der Waals surface area (Å²) in [7, 11) is 0. The largest absolute Gasteiger partial charge is 0.354 e. The van der Waals surface area contributed by atoms with E-state index >= 15 is 0 Å². The molecule has 0 fully saturated rings. The summed E-state index contributed by atoms with van der Waals surface area (Å²) in [5.74, 6) is -0.0625. The van der Waals surface area contributed by atoms with Gasteiger partial charge in [-0.1, -0.05) is 0 Å². The highest BCUT2D eigenvalue weighted by Crippen LogP contribution is 2.08. The summed E-state index contributed by atoms with van der Waals surface area (Å²) in [4.78, 5) is 20.0. The van der Waals surface area contributed by atoms with Crippen LogP contribution in [0.15, 0.2) is 18.0 Å². The average molecular weight is 265 g/mol. The maximum absolute atomic E-state index is 11.8. The minimum atomic E-state index is -0.343. The number of amides is 1. The third kappa shape index (κ3) is 3.13. The van der Waals surface area contributed by atoms with E-state index in [0.717, 1.165) is 17.1 Å². The smallest absolute Gasteiger partial charge is 0.244 e. The van der Waals surface area contributed by atoms with E-state index in [4.69, 9.17) is 0 Å². The fraction of sp³-hybridized carbons (Fsp3) is 0.455. The Morgan fingerprint density at radius 3 is 3.06 bits per heavy atom. The first-order valence-electron chi connectivity index (χ1n) is 5.69. The lowest BCUT2D eigenvalue weighted by Crippen LogP contribution is -2.32. The van der Waals surface area contributed by atoms with Gasteiger partial charge in [0.1, 0.15) is 18.7 Å². The van der Waals surface area contributed by atoms with Crippen LogP contribution in [0, 0.1) is 6.92 Å². The molecule has 96 valence electrons. The van der Waals surface area contributed by atoms with E-state index in [1.165, 1.54) is 17.3 Å². The number of nitrogens with one attached hydrogen (secondary N) is 1. The molecule has 0 spiro atoms. The molecular weight excluding hydrogens is 250 g/mol. The predicted molar refractivity (Wildman–Crippen MR) is 68.3 cm³/mol. The summed E-state index contributed by atoms with van der Waals surface area (Å²) in [5.41, 5.74) is 1.02. The molecule has 0 unspecified atom stereocenters. The van der Waals surface area contributed by atoms with E-state index in [-0.39, 0.29) is 11.9 Å². The molecule has 2 aromatic heterocycles. The molecule has 18 heavy (non-hydrogen) atoms. The Morgan fingerprint density at radius 2 is 2.44 bits per heavy atom. The Morgan fingerprint density at radius 1 is 1.61 bits per heavy atom. The quantitative estimate of drug-likeness (QED) is 0.874. The van der Waals surface area contributed by atoms with Gasteiger partial charge in [0, 0.05) is 18.3 Å². The summed E-state index contributed by atoms with van der Waals surface area (Å²) >= 11 is 1.62. The lowest BCUT2D eigenvalue weighted by atomic mass is 10.3. The number of rotatable bonds is 5. The number of nitrogens with zero attached hydrogens (tertiary/aromatic N) is 4. The number of hydrogen-bond acceptors (Lipinski definition) is 5. The monoisotopic (exact) mass is 265 g/mol. The van der Waals surface area contributed by atoms with Crippen LogP contribution in [0.25, 0.3) is 0 Å². The van der Waals surface area contributed by atoms with Gasteiger partial charge in [-0.2, -0.15) is 5.10 Å². The van der Waals surface area contributed by atoms with E-state index in [1.54, 1.807) is 18.3 Å². The van der Waals surface area contributed by atoms with Gasteiger partial charge >= 0.3 is 0 Å². The molecular formula is C11H15N5OS. The van der Waals surface area contributed by atoms with Gasteiger partial charge in [-0.3, -0.25) is 4.79 Å². The molecule has 1 atom stereocenters. The molecule has 0 radical (unpaired) electrons. The molecule has 2 rings (SSSR count). The van der Waals surface area contributed by atoms with E-state index in [2.05, 4.69) is 20.4 Å². The second-order valence-corrected chi connectivity index (χ2v) is 5.01. The molecule has 1 amide bonds. The van der Waals surface area contributed by atoms with Crippen molar-refractivity contribution in [3.63, 3.8) is 0 Å². The Bertz CT molecular complexity index is 507. The Labute approximate surface area is 109 Å². The van der Waals surface area contributed by atoms with Crippen LogP contribution in [0.4, 0.5) is 0 Å². The Kier molecular flexibility index (Phi) is 4.03. The van der Waals surface area contributed by atoms with Gasteiger partial charge < -0.3 is 5.32 Å². The van der Waals surface area contributed by atoms with Crippen LogP contribution in [-0.4, -0.2) is 32.2 Å². The van der Waals surface area contributed by atoms with Crippen molar-refractivity contribution in [3.05, 3.63) is 28.7 Å². The number of aryl methyl sites for hydroxylation is 1. The van der Waals surface area contributed by atoms with Crippen molar-refractivity contribution in [2.24, 2.45) is 0 Å². The first kappa shape index (κ1) is 12.7. The maximum atomic E-state index is 11.8. The second kappa shape index (κ2) is 5.72. The number of aromatic nitrogens is 4. The van der Waals surface area contributed by atoms with Crippen molar-refractivity contribution >= 4 is 17.2 Å². The van der Waals surface area contributed by atoms with Crippen LogP contribution < -0.4 is 5.32 Å². The topological polar surface area (TPSA) is 72.7 Å². The number of carbonyl (C=O) groups is 1. The zero-order chi connectivity index (χ0) is 13.0. The summed E-state index contributed by atoms with van der Waals surface area (Å²) in [6.45, 7) is 4.34. The van der Waals surface area contributed by atoms with Crippen molar-refractivity contribution in [1.82, 2.24) is 25.1 Å². The predicted octanol–water partition coefficient (Wildman–Crippen LogP) is 0.963. The zero-order valence-corrected chi connectivity index (χ0v) is 11.1. The number of thiazole rings is 1. The van der Waals surface area contributed by atoms with Crippen molar-refractivity contribution in [1.29, 1.82) is 0 Å². The molecule has 6 nitrogen and oxygen atoms in total. The minimum absolute atomic E-state index is 0.0625. The van der Waals surface area contributed by atoms with E-state index in [0.29, 0.717) is 6.54 Å². The molecule has 0 aliphatic heterocycles. The second-order valence-electron chi connectivity index (χ2n) is 3.95. The van der Waals surface area contributed by atoms with Gasteiger partial charge in [0.15, 0.2) is 0 Å². The minimum Gasteiger partial charge on any atom is -0.354 e. The van der Waals surface area contributed by atoms with Gasteiger partial charge in [0.2, 0.25) is 5.91 Å². The molecule has 0 aromatic carbocycles.